The van der Waals surface area contributed by atoms with Crippen molar-refractivity contribution in [3.63, 3.8) is 0 Å². The molecule has 22 heavy (non-hydrogen) atoms. The van der Waals surface area contributed by atoms with Gasteiger partial charge < -0.3 is 15.3 Å². The van der Waals surface area contributed by atoms with Crippen LogP contribution in [0.2, 0.25) is 0 Å². The van der Waals surface area contributed by atoms with Gasteiger partial charge in [-0.3, -0.25) is 4.79 Å². The summed E-state index contributed by atoms with van der Waals surface area (Å²) in [5.74, 6) is 0.326. The first-order chi connectivity index (χ1) is 10.6. The fourth-order valence-electron chi connectivity index (χ4n) is 2.66. The Balaban J connectivity index is 1.88. The van der Waals surface area contributed by atoms with Gasteiger partial charge >= 0.3 is 0 Å². The normalized spacial score (nSPS) is 15.8. The van der Waals surface area contributed by atoms with E-state index < -0.39 is 6.10 Å². The van der Waals surface area contributed by atoms with Crippen LogP contribution in [0.25, 0.3) is 0 Å². The van der Waals surface area contributed by atoms with Gasteiger partial charge in [-0.25, -0.2) is 0 Å². The van der Waals surface area contributed by atoms with Gasteiger partial charge in [0.05, 0.1) is 6.10 Å². The van der Waals surface area contributed by atoms with Crippen LogP contribution < -0.4 is 5.32 Å². The smallest absolute Gasteiger partial charge is 0.227 e. The van der Waals surface area contributed by atoms with Crippen LogP contribution in [-0.2, 0) is 4.79 Å². The molecule has 1 saturated carbocycles. The third-order valence-corrected chi connectivity index (χ3v) is 4.02. The van der Waals surface area contributed by atoms with E-state index >= 15 is 0 Å². The van der Waals surface area contributed by atoms with E-state index in [1.54, 1.807) is 0 Å². The van der Waals surface area contributed by atoms with E-state index in [9.17, 15) is 9.90 Å². The molecule has 1 aliphatic carbocycles. The zero-order valence-electron chi connectivity index (χ0n) is 13.7. The lowest BCUT2D eigenvalue weighted by atomic mass is 10.1. The van der Waals surface area contributed by atoms with Crippen LogP contribution in [0.4, 0.5) is 5.69 Å². The van der Waals surface area contributed by atoms with Crippen LogP contribution in [0.3, 0.4) is 0 Å². The molecule has 1 amide bonds. The number of anilines is 1. The molecular weight excluding hydrogens is 276 g/mol. The number of hydrogen-bond donors (Lipinski definition) is 2. The molecule has 1 atom stereocenters. The summed E-state index contributed by atoms with van der Waals surface area (Å²) in [6.45, 7) is 7.01. The van der Waals surface area contributed by atoms with Gasteiger partial charge in [0.25, 0.3) is 0 Å². The van der Waals surface area contributed by atoms with Crippen LogP contribution in [0.15, 0.2) is 24.3 Å². The highest BCUT2D eigenvalue weighted by atomic mass is 16.3. The molecule has 1 aromatic rings. The summed E-state index contributed by atoms with van der Waals surface area (Å²) in [5.41, 5.74) is 1.72. The van der Waals surface area contributed by atoms with Gasteiger partial charge in [-0.2, -0.15) is 0 Å². The Morgan fingerprint density at radius 1 is 1.23 bits per heavy atom. The molecule has 0 saturated heterocycles. The van der Waals surface area contributed by atoms with E-state index in [1.807, 2.05) is 24.3 Å². The van der Waals surface area contributed by atoms with E-state index in [-0.39, 0.29) is 11.8 Å². The van der Waals surface area contributed by atoms with Gasteiger partial charge in [-0.05, 0) is 56.5 Å². The van der Waals surface area contributed by atoms with Crippen LogP contribution >= 0.6 is 0 Å². The van der Waals surface area contributed by atoms with E-state index in [4.69, 9.17) is 0 Å². The molecule has 1 fully saturated rings. The van der Waals surface area contributed by atoms with E-state index in [0.29, 0.717) is 6.54 Å². The molecule has 122 valence electrons. The Kier molecular flexibility index (Phi) is 6.40. The van der Waals surface area contributed by atoms with Crippen molar-refractivity contribution in [3.05, 3.63) is 29.8 Å². The minimum atomic E-state index is -0.480. The number of aliphatic hydroxyl groups is 1. The lowest BCUT2D eigenvalue weighted by Gasteiger charge is -2.24. The molecule has 1 aromatic carbocycles. The van der Waals surface area contributed by atoms with Crippen molar-refractivity contribution in [2.45, 2.75) is 45.6 Å². The van der Waals surface area contributed by atoms with Gasteiger partial charge in [0, 0.05) is 18.2 Å². The molecule has 4 nitrogen and oxygen atoms in total. The van der Waals surface area contributed by atoms with Crippen molar-refractivity contribution < 1.29 is 9.90 Å². The lowest BCUT2D eigenvalue weighted by molar-refractivity contribution is -0.117. The van der Waals surface area contributed by atoms with Crippen molar-refractivity contribution >= 4 is 11.6 Å². The number of carbonyl (C=O) groups excluding carboxylic acids is 1. The number of nitrogens with zero attached hydrogens (tertiary/aromatic N) is 1. The molecule has 2 N–H and O–H groups in total. The average Bonchev–Trinajstić information content (AvgIpc) is 3.33. The number of rotatable bonds is 9. The number of aliphatic hydroxyl groups excluding tert-OH is 1. The molecule has 0 heterocycles. The van der Waals surface area contributed by atoms with E-state index in [0.717, 1.165) is 50.0 Å². The summed E-state index contributed by atoms with van der Waals surface area (Å²) in [5, 5.41) is 13.3. The standard InChI is InChI=1S/C18H28N2O2/c1-3-11-20(12-4-2)13-17(21)14-7-9-16(10-8-14)19-18(22)15-5-6-15/h7-10,15,17,21H,3-6,11-13H2,1-2H3,(H,19,22). The summed E-state index contributed by atoms with van der Waals surface area (Å²) in [4.78, 5) is 14.0. The molecule has 1 aliphatic rings. The summed E-state index contributed by atoms with van der Waals surface area (Å²) in [7, 11) is 0. The number of hydrogen-bond acceptors (Lipinski definition) is 3. The fourth-order valence-corrected chi connectivity index (χ4v) is 2.66. The first-order valence-electron chi connectivity index (χ1n) is 8.45. The summed E-state index contributed by atoms with van der Waals surface area (Å²) >= 11 is 0. The van der Waals surface area contributed by atoms with Gasteiger partial charge in [0.1, 0.15) is 0 Å². The summed E-state index contributed by atoms with van der Waals surface area (Å²) in [6.07, 6.45) is 3.73. The zero-order valence-corrected chi connectivity index (χ0v) is 13.7. The van der Waals surface area contributed by atoms with Crippen LogP contribution in [-0.4, -0.2) is 35.5 Å². The number of nitrogens with one attached hydrogen (secondary N) is 1. The average molecular weight is 304 g/mol. The zero-order chi connectivity index (χ0) is 15.9. The minimum Gasteiger partial charge on any atom is -0.387 e. The van der Waals surface area contributed by atoms with Crippen LogP contribution in [0.5, 0.6) is 0 Å². The molecule has 4 heteroatoms. The number of benzene rings is 1. The highest BCUT2D eigenvalue weighted by Gasteiger charge is 2.29. The Morgan fingerprint density at radius 3 is 2.32 bits per heavy atom. The molecule has 2 rings (SSSR count). The molecular formula is C18H28N2O2. The summed E-state index contributed by atoms with van der Waals surface area (Å²) in [6, 6.07) is 7.57. The maximum Gasteiger partial charge on any atom is 0.227 e. The Labute approximate surface area is 133 Å². The van der Waals surface area contributed by atoms with Gasteiger partial charge in [-0.15, -0.1) is 0 Å². The predicted molar refractivity (Wildman–Crippen MR) is 89.8 cm³/mol. The summed E-state index contributed by atoms with van der Waals surface area (Å²) < 4.78 is 0. The monoisotopic (exact) mass is 304 g/mol. The quantitative estimate of drug-likeness (QED) is 0.736. The third-order valence-electron chi connectivity index (χ3n) is 4.02. The van der Waals surface area contributed by atoms with Crippen LogP contribution in [0.1, 0.15) is 51.2 Å². The first-order valence-corrected chi connectivity index (χ1v) is 8.45. The minimum absolute atomic E-state index is 0.116. The maximum atomic E-state index is 11.7. The Bertz CT molecular complexity index is 462. The Morgan fingerprint density at radius 2 is 1.82 bits per heavy atom. The molecule has 1 unspecified atom stereocenters. The lowest BCUT2D eigenvalue weighted by Crippen LogP contribution is -2.30. The van der Waals surface area contributed by atoms with Crippen molar-refractivity contribution in [2.24, 2.45) is 5.92 Å². The first kappa shape index (κ1) is 17.0. The van der Waals surface area contributed by atoms with Gasteiger partial charge in [0.15, 0.2) is 0 Å². The second-order valence-electron chi connectivity index (χ2n) is 6.20. The molecule has 0 aromatic heterocycles. The second kappa shape index (κ2) is 8.30. The molecule has 0 spiro atoms. The highest BCUT2D eigenvalue weighted by Crippen LogP contribution is 2.30. The van der Waals surface area contributed by atoms with Crippen molar-refractivity contribution in [3.8, 4) is 0 Å². The number of carbonyl (C=O) groups is 1. The fraction of sp³-hybridized carbons (Fsp3) is 0.611. The molecule has 0 radical (unpaired) electrons. The second-order valence-corrected chi connectivity index (χ2v) is 6.20. The van der Waals surface area contributed by atoms with Crippen molar-refractivity contribution in [2.75, 3.05) is 25.0 Å². The highest BCUT2D eigenvalue weighted by molar-refractivity contribution is 5.93. The predicted octanol–water partition coefficient (Wildman–Crippen LogP) is 3.19. The Hall–Kier alpha value is -1.39. The van der Waals surface area contributed by atoms with Crippen LogP contribution in [0, 0.1) is 5.92 Å². The molecule has 0 aliphatic heterocycles. The largest absolute Gasteiger partial charge is 0.387 e. The van der Waals surface area contributed by atoms with E-state index in [2.05, 4.69) is 24.1 Å². The third kappa shape index (κ3) is 5.11. The maximum absolute atomic E-state index is 11.7. The van der Waals surface area contributed by atoms with Gasteiger partial charge in [-0.1, -0.05) is 26.0 Å². The van der Waals surface area contributed by atoms with E-state index in [1.165, 1.54) is 0 Å². The van der Waals surface area contributed by atoms with Crippen molar-refractivity contribution in [1.29, 1.82) is 0 Å². The SMILES string of the molecule is CCCN(CCC)CC(O)c1ccc(NC(=O)C2CC2)cc1. The van der Waals surface area contributed by atoms with Gasteiger partial charge in [0.2, 0.25) is 5.91 Å². The van der Waals surface area contributed by atoms with Crippen molar-refractivity contribution in [1.82, 2.24) is 4.90 Å². The number of amides is 1. The molecule has 0 bridgehead atoms. The topological polar surface area (TPSA) is 52.6 Å².